The van der Waals surface area contributed by atoms with Crippen molar-refractivity contribution in [2.75, 3.05) is 11.5 Å². The van der Waals surface area contributed by atoms with Crippen molar-refractivity contribution in [1.29, 1.82) is 0 Å². The van der Waals surface area contributed by atoms with Gasteiger partial charge in [0.25, 0.3) is 11.8 Å². The molecule has 0 spiro atoms. The zero-order valence-electron chi connectivity index (χ0n) is 21.9. The Morgan fingerprint density at radius 3 is 1.98 bits per heavy atom. The molecule has 0 saturated carbocycles. The van der Waals surface area contributed by atoms with Gasteiger partial charge in [-0.25, -0.2) is 24.6 Å². The van der Waals surface area contributed by atoms with Crippen LogP contribution in [0, 0.1) is 0 Å². The zero-order valence-corrected chi connectivity index (χ0v) is 21.9. The number of aromatic nitrogens is 4. The second-order valence-electron chi connectivity index (χ2n) is 9.45. The van der Waals surface area contributed by atoms with Gasteiger partial charge in [0.2, 0.25) is 0 Å². The van der Waals surface area contributed by atoms with E-state index in [0.717, 1.165) is 4.90 Å². The average Bonchev–Trinajstić information content (AvgIpc) is 3.69. The van der Waals surface area contributed by atoms with Gasteiger partial charge in [0, 0.05) is 11.1 Å². The third kappa shape index (κ3) is 5.32. The van der Waals surface area contributed by atoms with Gasteiger partial charge in [0.15, 0.2) is 17.0 Å². The van der Waals surface area contributed by atoms with Gasteiger partial charge in [-0.05, 0) is 49.2 Å². The lowest BCUT2D eigenvalue weighted by Crippen LogP contribution is -2.38. The number of hydrogen-bond donors (Lipinski definition) is 0. The number of hydrogen-bond acceptors (Lipinski definition) is 8. The molecule has 10 heteroatoms. The summed E-state index contributed by atoms with van der Waals surface area (Å²) in [6.07, 6.45) is 3.43. The minimum absolute atomic E-state index is 0.0720. The van der Waals surface area contributed by atoms with E-state index in [1.54, 1.807) is 95.8 Å². The Bertz CT molecular complexity index is 1640. The molecule has 0 radical (unpaired) electrons. The van der Waals surface area contributed by atoms with Crippen molar-refractivity contribution in [1.82, 2.24) is 19.5 Å². The van der Waals surface area contributed by atoms with Gasteiger partial charge in [-0.3, -0.25) is 14.2 Å². The molecule has 1 fully saturated rings. The molecule has 6 rings (SSSR count). The summed E-state index contributed by atoms with van der Waals surface area (Å²) in [5.74, 6) is -1.41. The summed E-state index contributed by atoms with van der Waals surface area (Å²) in [7, 11) is 0. The van der Waals surface area contributed by atoms with E-state index in [1.807, 2.05) is 6.07 Å². The molecule has 2 atom stereocenters. The number of esters is 1. The topological polar surface area (TPSA) is 117 Å². The van der Waals surface area contributed by atoms with Crippen LogP contribution in [0.4, 0.5) is 5.82 Å². The summed E-state index contributed by atoms with van der Waals surface area (Å²) in [5.41, 5.74) is 1.83. The van der Waals surface area contributed by atoms with Crippen molar-refractivity contribution in [2.24, 2.45) is 0 Å². The quantitative estimate of drug-likeness (QED) is 0.210. The highest BCUT2D eigenvalue weighted by Crippen LogP contribution is 2.33. The molecule has 0 aliphatic carbocycles. The highest BCUT2D eigenvalue weighted by molar-refractivity contribution is 6.27. The Balaban J connectivity index is 1.27. The van der Waals surface area contributed by atoms with Crippen LogP contribution in [0.1, 0.15) is 50.1 Å². The lowest BCUT2D eigenvalue weighted by molar-refractivity contribution is -0.0309. The SMILES string of the molecule is O=C(OC[C@@H]1CC[C@H](n2cnc3c(N(C(=O)c4ccccc4)C(=O)c4ccccc4)ncnc32)O1)c1ccccc1. The van der Waals surface area contributed by atoms with E-state index in [9.17, 15) is 14.4 Å². The van der Waals surface area contributed by atoms with Crippen molar-refractivity contribution in [3.05, 3.63) is 120 Å². The number of benzene rings is 3. The van der Waals surface area contributed by atoms with Crippen LogP contribution in [-0.4, -0.2) is 50.0 Å². The van der Waals surface area contributed by atoms with Crippen LogP contribution in [-0.2, 0) is 9.47 Å². The molecule has 1 aliphatic rings. The lowest BCUT2D eigenvalue weighted by Gasteiger charge is -2.20. The summed E-state index contributed by atoms with van der Waals surface area (Å²) in [6.45, 7) is 0.113. The van der Waals surface area contributed by atoms with Crippen LogP contribution >= 0.6 is 0 Å². The standard InChI is InChI=1S/C31H25N5O5/c37-29(21-10-4-1-5-11-21)36(30(38)22-12-6-2-7-13-22)28-26-27(32-19-33-28)35(20-34-26)25-17-16-24(41-25)18-40-31(39)23-14-8-3-9-15-23/h1-15,19-20,24-25H,16-18H2/t24-,25+/m0/s1. The molecule has 3 aromatic carbocycles. The maximum Gasteiger partial charge on any atom is 0.338 e. The summed E-state index contributed by atoms with van der Waals surface area (Å²) >= 11 is 0. The first-order chi connectivity index (χ1) is 20.1. The average molecular weight is 548 g/mol. The van der Waals surface area contributed by atoms with E-state index in [4.69, 9.17) is 9.47 Å². The number of imide groups is 1. The number of amides is 2. The Morgan fingerprint density at radius 1 is 0.780 bits per heavy atom. The van der Waals surface area contributed by atoms with Crippen molar-refractivity contribution >= 4 is 34.8 Å². The number of fused-ring (bicyclic) bond motifs is 1. The first kappa shape index (κ1) is 26.0. The molecule has 41 heavy (non-hydrogen) atoms. The summed E-state index contributed by atoms with van der Waals surface area (Å²) in [4.78, 5) is 54.0. The number of carbonyl (C=O) groups excluding carboxylic acids is 3. The van der Waals surface area contributed by atoms with Crippen LogP contribution in [0.15, 0.2) is 104 Å². The molecule has 5 aromatic rings. The molecule has 0 bridgehead atoms. The second-order valence-corrected chi connectivity index (χ2v) is 9.45. The predicted molar refractivity (Wildman–Crippen MR) is 149 cm³/mol. The van der Waals surface area contributed by atoms with E-state index < -0.39 is 24.0 Å². The Kier molecular flexibility index (Phi) is 7.29. The minimum atomic E-state index is -0.536. The van der Waals surface area contributed by atoms with Gasteiger partial charge in [-0.2, -0.15) is 0 Å². The number of imidazole rings is 1. The fourth-order valence-electron chi connectivity index (χ4n) is 4.76. The second kappa shape index (κ2) is 11.5. The third-order valence-corrected chi connectivity index (χ3v) is 6.80. The molecule has 0 unspecified atom stereocenters. The van der Waals surface area contributed by atoms with Crippen LogP contribution in [0.25, 0.3) is 11.2 Å². The smallest absolute Gasteiger partial charge is 0.338 e. The minimum Gasteiger partial charge on any atom is -0.459 e. The number of rotatable bonds is 7. The Morgan fingerprint density at radius 2 is 1.37 bits per heavy atom. The van der Waals surface area contributed by atoms with Gasteiger partial charge in [-0.15, -0.1) is 0 Å². The largest absolute Gasteiger partial charge is 0.459 e. The highest BCUT2D eigenvalue weighted by atomic mass is 16.6. The molecule has 2 aromatic heterocycles. The van der Waals surface area contributed by atoms with Gasteiger partial charge >= 0.3 is 5.97 Å². The van der Waals surface area contributed by atoms with E-state index in [2.05, 4.69) is 15.0 Å². The van der Waals surface area contributed by atoms with Gasteiger partial charge in [-0.1, -0.05) is 54.6 Å². The van der Waals surface area contributed by atoms with E-state index in [1.165, 1.54) is 6.33 Å². The monoisotopic (exact) mass is 547 g/mol. The number of anilines is 1. The summed E-state index contributed by atoms with van der Waals surface area (Å²) in [5, 5.41) is 0. The van der Waals surface area contributed by atoms with Gasteiger partial charge in [0.05, 0.1) is 18.0 Å². The van der Waals surface area contributed by atoms with Gasteiger partial charge < -0.3 is 9.47 Å². The molecule has 2 amide bonds. The molecule has 1 aliphatic heterocycles. The first-order valence-electron chi connectivity index (χ1n) is 13.1. The number of ether oxygens (including phenoxy) is 2. The molecule has 3 heterocycles. The van der Waals surface area contributed by atoms with E-state index in [0.29, 0.717) is 35.2 Å². The van der Waals surface area contributed by atoms with Crippen molar-refractivity contribution in [3.8, 4) is 0 Å². The fraction of sp³-hybridized carbons (Fsp3) is 0.161. The number of carbonyl (C=O) groups is 3. The molecular weight excluding hydrogens is 522 g/mol. The van der Waals surface area contributed by atoms with E-state index in [-0.39, 0.29) is 24.0 Å². The van der Waals surface area contributed by atoms with Gasteiger partial charge in [0.1, 0.15) is 19.2 Å². The first-order valence-corrected chi connectivity index (χ1v) is 13.1. The summed E-state index contributed by atoms with van der Waals surface area (Å²) < 4.78 is 13.4. The summed E-state index contributed by atoms with van der Waals surface area (Å²) in [6, 6.07) is 25.9. The molecule has 10 nitrogen and oxygen atoms in total. The van der Waals surface area contributed by atoms with Crippen molar-refractivity contribution in [3.63, 3.8) is 0 Å². The predicted octanol–water partition coefficient (Wildman–Crippen LogP) is 4.85. The maximum atomic E-state index is 13.7. The highest BCUT2D eigenvalue weighted by Gasteiger charge is 2.33. The van der Waals surface area contributed by atoms with Crippen LogP contribution in [0.5, 0.6) is 0 Å². The van der Waals surface area contributed by atoms with Crippen molar-refractivity contribution < 1.29 is 23.9 Å². The molecule has 1 saturated heterocycles. The number of nitrogens with zero attached hydrogens (tertiary/aromatic N) is 5. The Labute approximate surface area is 235 Å². The van der Waals surface area contributed by atoms with Crippen molar-refractivity contribution in [2.45, 2.75) is 25.2 Å². The van der Waals surface area contributed by atoms with Crippen LogP contribution < -0.4 is 4.90 Å². The maximum absolute atomic E-state index is 13.7. The third-order valence-electron chi connectivity index (χ3n) is 6.80. The zero-order chi connectivity index (χ0) is 28.2. The van der Waals surface area contributed by atoms with Crippen LogP contribution in [0.2, 0.25) is 0 Å². The Hall–Kier alpha value is -5.22. The normalized spacial score (nSPS) is 16.4. The van der Waals surface area contributed by atoms with Crippen LogP contribution in [0.3, 0.4) is 0 Å². The fourth-order valence-corrected chi connectivity index (χ4v) is 4.76. The molecular formula is C31H25N5O5. The molecule has 204 valence electrons. The lowest BCUT2D eigenvalue weighted by atomic mass is 10.1. The molecule has 0 N–H and O–H groups in total. The van der Waals surface area contributed by atoms with E-state index >= 15 is 0 Å².